The Morgan fingerprint density at radius 3 is 2.60 bits per heavy atom. The Balaban J connectivity index is 1.74. The number of nitrogens with zero attached hydrogens (tertiary/aromatic N) is 3. The maximum Gasteiger partial charge on any atom is 0.258 e. The Kier molecular flexibility index (Phi) is 5.70. The molecule has 2 aliphatic rings. The van der Waals surface area contributed by atoms with Gasteiger partial charge in [0.1, 0.15) is 17.5 Å². The van der Waals surface area contributed by atoms with Gasteiger partial charge in [0.15, 0.2) is 0 Å². The summed E-state index contributed by atoms with van der Waals surface area (Å²) in [6, 6.07) is 9.28. The van der Waals surface area contributed by atoms with E-state index >= 15 is 0 Å². The smallest absolute Gasteiger partial charge is 0.258 e. The highest BCUT2D eigenvalue weighted by atomic mass is 16.5. The van der Waals surface area contributed by atoms with Gasteiger partial charge in [0.25, 0.3) is 5.56 Å². The molecule has 8 heteroatoms. The first-order chi connectivity index (χ1) is 14.6. The number of amides is 1. The molecule has 1 saturated heterocycles. The fourth-order valence-corrected chi connectivity index (χ4v) is 4.11. The number of H-pyrrole nitrogens is 1. The fourth-order valence-electron chi connectivity index (χ4n) is 4.11. The van der Waals surface area contributed by atoms with E-state index in [1.165, 1.54) is 0 Å². The van der Waals surface area contributed by atoms with E-state index in [-0.39, 0.29) is 11.4 Å². The number of hydrogen-bond donors (Lipinski definition) is 2. The second-order valence-electron chi connectivity index (χ2n) is 7.69. The highest BCUT2D eigenvalue weighted by Gasteiger charge is 2.40. The van der Waals surface area contributed by atoms with Gasteiger partial charge in [0.05, 0.1) is 18.2 Å². The van der Waals surface area contributed by atoms with Crippen LogP contribution in [0.2, 0.25) is 0 Å². The second-order valence-corrected chi connectivity index (χ2v) is 7.69. The molecule has 1 amide bonds. The predicted molar refractivity (Wildman–Crippen MR) is 113 cm³/mol. The van der Waals surface area contributed by atoms with Gasteiger partial charge in [0.2, 0.25) is 11.9 Å². The molecule has 0 bridgehead atoms. The molecule has 2 N–H and O–H groups in total. The Hall–Kier alpha value is -3.34. The minimum atomic E-state index is -1.01. The third kappa shape index (κ3) is 3.75. The number of nitriles is 1. The lowest BCUT2D eigenvalue weighted by atomic mass is 9.79. The van der Waals surface area contributed by atoms with Crippen LogP contribution < -0.4 is 20.5 Å². The molecule has 2 unspecified atom stereocenters. The van der Waals surface area contributed by atoms with Crippen LogP contribution in [0.15, 0.2) is 29.1 Å². The van der Waals surface area contributed by atoms with Crippen molar-refractivity contribution in [2.75, 3.05) is 29.9 Å². The van der Waals surface area contributed by atoms with E-state index in [2.05, 4.69) is 21.4 Å². The van der Waals surface area contributed by atoms with Crippen LogP contribution in [0.25, 0.3) is 0 Å². The van der Waals surface area contributed by atoms with E-state index in [4.69, 9.17) is 4.74 Å². The number of aromatic amines is 1. The van der Waals surface area contributed by atoms with Crippen LogP contribution in [0.3, 0.4) is 0 Å². The molecular weight excluding hydrogens is 382 g/mol. The van der Waals surface area contributed by atoms with E-state index in [1.54, 1.807) is 24.3 Å². The number of ether oxygens (including phenoxy) is 1. The summed E-state index contributed by atoms with van der Waals surface area (Å²) in [4.78, 5) is 35.2. The molecule has 0 saturated carbocycles. The van der Waals surface area contributed by atoms with Crippen LogP contribution in [0, 0.1) is 17.2 Å². The van der Waals surface area contributed by atoms with Gasteiger partial charge in [0, 0.05) is 19.0 Å². The summed E-state index contributed by atoms with van der Waals surface area (Å²) in [6.45, 7) is 4.27. The SMILES string of the molecule is CCCOc1ccc(C2c3c(nc(N4CCCCC4)[nH]c3=O)NC(=O)C2C#N)cc1. The lowest BCUT2D eigenvalue weighted by molar-refractivity contribution is -0.119. The number of carbonyl (C=O) groups excluding carboxylic acids is 1. The molecule has 2 atom stereocenters. The van der Waals surface area contributed by atoms with Gasteiger partial charge in [-0.15, -0.1) is 0 Å². The molecule has 0 radical (unpaired) electrons. The van der Waals surface area contributed by atoms with Gasteiger partial charge < -0.3 is 15.0 Å². The highest BCUT2D eigenvalue weighted by molar-refractivity contribution is 5.98. The average Bonchev–Trinajstić information content (AvgIpc) is 2.77. The maximum absolute atomic E-state index is 13.1. The first kappa shape index (κ1) is 20.0. The fraction of sp³-hybridized carbons (Fsp3) is 0.455. The Morgan fingerprint density at radius 2 is 1.93 bits per heavy atom. The lowest BCUT2D eigenvalue weighted by Crippen LogP contribution is -2.40. The molecule has 156 valence electrons. The topological polar surface area (TPSA) is 111 Å². The number of rotatable bonds is 5. The Bertz CT molecular complexity index is 1020. The number of nitrogens with one attached hydrogen (secondary N) is 2. The van der Waals surface area contributed by atoms with Crippen LogP contribution in [-0.2, 0) is 4.79 Å². The van der Waals surface area contributed by atoms with Crippen LogP contribution in [0.1, 0.15) is 49.7 Å². The number of piperidine rings is 1. The molecule has 1 fully saturated rings. The third-order valence-corrected chi connectivity index (χ3v) is 5.62. The summed E-state index contributed by atoms with van der Waals surface area (Å²) in [7, 11) is 0. The molecule has 8 nitrogen and oxygen atoms in total. The van der Waals surface area contributed by atoms with Crippen molar-refractivity contribution in [1.29, 1.82) is 5.26 Å². The van der Waals surface area contributed by atoms with Gasteiger partial charge in [-0.2, -0.15) is 10.2 Å². The molecule has 2 aliphatic heterocycles. The monoisotopic (exact) mass is 407 g/mol. The Morgan fingerprint density at radius 1 is 1.20 bits per heavy atom. The molecule has 30 heavy (non-hydrogen) atoms. The van der Waals surface area contributed by atoms with Crippen LogP contribution in [0.4, 0.5) is 11.8 Å². The summed E-state index contributed by atoms with van der Waals surface area (Å²) in [6.07, 6.45) is 4.14. The summed E-state index contributed by atoms with van der Waals surface area (Å²) >= 11 is 0. The zero-order valence-corrected chi connectivity index (χ0v) is 17.0. The average molecular weight is 407 g/mol. The summed E-state index contributed by atoms with van der Waals surface area (Å²) < 4.78 is 5.62. The first-order valence-corrected chi connectivity index (χ1v) is 10.4. The predicted octanol–water partition coefficient (Wildman–Crippen LogP) is 2.77. The van der Waals surface area contributed by atoms with Crippen molar-refractivity contribution in [3.8, 4) is 11.8 Å². The van der Waals surface area contributed by atoms with Crippen LogP contribution in [-0.4, -0.2) is 35.6 Å². The molecular formula is C22H25N5O3. The zero-order valence-electron chi connectivity index (χ0n) is 17.0. The van der Waals surface area contributed by atoms with E-state index < -0.39 is 17.7 Å². The number of carbonyl (C=O) groups is 1. The standard InChI is InChI=1S/C22H25N5O3/c1-2-12-30-15-8-6-14(7-9-15)17-16(13-23)20(28)24-19-18(17)21(29)26-22(25-19)27-10-4-3-5-11-27/h6-9,16-17H,2-5,10-12H2,1H3,(H2,24,25,26,28,29). The van der Waals surface area contributed by atoms with E-state index in [0.29, 0.717) is 29.4 Å². The van der Waals surface area contributed by atoms with Gasteiger partial charge >= 0.3 is 0 Å². The summed E-state index contributed by atoms with van der Waals surface area (Å²) in [5.74, 6) is -0.719. The van der Waals surface area contributed by atoms with Crippen molar-refractivity contribution in [1.82, 2.24) is 9.97 Å². The molecule has 0 aliphatic carbocycles. The summed E-state index contributed by atoms with van der Waals surface area (Å²) in [5, 5.41) is 12.3. The third-order valence-electron chi connectivity index (χ3n) is 5.62. The van der Waals surface area contributed by atoms with Crippen molar-refractivity contribution >= 4 is 17.7 Å². The van der Waals surface area contributed by atoms with Gasteiger partial charge in [-0.3, -0.25) is 14.6 Å². The van der Waals surface area contributed by atoms with Gasteiger partial charge in [-0.05, 0) is 43.4 Å². The van der Waals surface area contributed by atoms with E-state index in [0.717, 1.165) is 38.8 Å². The lowest BCUT2D eigenvalue weighted by Gasteiger charge is -2.31. The van der Waals surface area contributed by atoms with E-state index in [1.807, 2.05) is 11.8 Å². The minimum absolute atomic E-state index is 0.243. The van der Waals surface area contributed by atoms with Crippen molar-refractivity contribution in [3.63, 3.8) is 0 Å². The molecule has 2 aromatic rings. The number of fused-ring (bicyclic) bond motifs is 1. The molecule has 1 aromatic heterocycles. The molecule has 3 heterocycles. The molecule has 4 rings (SSSR count). The highest BCUT2D eigenvalue weighted by Crippen LogP contribution is 2.38. The minimum Gasteiger partial charge on any atom is -0.494 e. The molecule has 0 spiro atoms. The quantitative estimate of drug-likeness (QED) is 0.788. The number of aromatic nitrogens is 2. The van der Waals surface area contributed by atoms with Crippen molar-refractivity contribution in [2.45, 2.75) is 38.5 Å². The zero-order chi connectivity index (χ0) is 21.1. The van der Waals surface area contributed by atoms with Crippen LogP contribution in [0.5, 0.6) is 5.75 Å². The van der Waals surface area contributed by atoms with Crippen molar-refractivity contribution < 1.29 is 9.53 Å². The molecule has 1 aromatic carbocycles. The number of anilines is 2. The second kappa shape index (κ2) is 8.57. The van der Waals surface area contributed by atoms with Gasteiger partial charge in [-0.25, -0.2) is 0 Å². The first-order valence-electron chi connectivity index (χ1n) is 10.4. The number of benzene rings is 1. The Labute approximate surface area is 174 Å². The normalized spacial score (nSPS) is 20.8. The van der Waals surface area contributed by atoms with Crippen LogP contribution >= 0.6 is 0 Å². The number of hydrogen-bond acceptors (Lipinski definition) is 6. The van der Waals surface area contributed by atoms with Crippen molar-refractivity contribution in [3.05, 3.63) is 45.7 Å². The van der Waals surface area contributed by atoms with Crippen molar-refractivity contribution in [2.24, 2.45) is 5.92 Å². The summed E-state index contributed by atoms with van der Waals surface area (Å²) in [5.41, 5.74) is 0.709. The largest absolute Gasteiger partial charge is 0.494 e. The maximum atomic E-state index is 13.1. The van der Waals surface area contributed by atoms with Gasteiger partial charge in [-0.1, -0.05) is 19.1 Å². The van der Waals surface area contributed by atoms with E-state index in [9.17, 15) is 14.9 Å².